The smallest absolute Gasteiger partial charge is 0.410 e. The molecule has 6 aliphatic rings. The molecule has 15 nitrogen and oxygen atoms in total. The molecule has 4 saturated carbocycles. The first-order chi connectivity index (χ1) is 32.9. The second-order valence-electron chi connectivity index (χ2n) is 25.1. The molecule has 0 aromatic heterocycles. The lowest BCUT2D eigenvalue weighted by Crippen LogP contribution is -2.58. The van der Waals surface area contributed by atoms with Gasteiger partial charge in [-0.3, -0.25) is 33.7 Å². The van der Waals surface area contributed by atoms with Crippen molar-refractivity contribution < 1.29 is 43.0 Å². The summed E-state index contributed by atoms with van der Waals surface area (Å²) in [5.74, 6) is 1.92. The zero-order valence-electron chi connectivity index (χ0n) is 44.7. The summed E-state index contributed by atoms with van der Waals surface area (Å²) in [6.07, 6.45) is 15.6. The highest BCUT2D eigenvalue weighted by Gasteiger charge is 2.61. The lowest BCUT2D eigenvalue weighted by molar-refractivity contribution is -0.162. The standard InChI is InChI=1S/C55H92N6O9/c1-33(2)14-11-15-35(5)39-20-21-40-38-19-18-36-31-37(24-26-54(36,9)41(38)25-27-55(39,40)10)69-47(63)32-57-49(65)44-16-12-28-60(44)51(67)43(30-34(3)4)59-48(64)42(22-23-46(56)62)58-50(66)45-17-13-29-61(45)52(68)70-53(6,7)8/h33-45H,11-32H2,1-10H3,(H2,56,62)(H,57,65)(H,58,66)(H,59,64)/t35-,36?,37?,38+,39-,40+,41+,42+,43+,44+,45+,54+,55-/m1/s1. The molecule has 396 valence electrons. The summed E-state index contributed by atoms with van der Waals surface area (Å²) in [4.78, 5) is 96.6. The molecule has 70 heavy (non-hydrogen) atoms. The topological polar surface area (TPSA) is 207 Å². The van der Waals surface area contributed by atoms with Crippen molar-refractivity contribution in [3.05, 3.63) is 0 Å². The number of likely N-dealkylation sites (tertiary alicyclic amines) is 2. The number of esters is 1. The van der Waals surface area contributed by atoms with Crippen molar-refractivity contribution in [2.24, 2.45) is 63.9 Å². The van der Waals surface area contributed by atoms with Gasteiger partial charge < -0.3 is 36.1 Å². The molecule has 0 aromatic rings. The summed E-state index contributed by atoms with van der Waals surface area (Å²) < 4.78 is 11.6. The molecule has 0 radical (unpaired) electrons. The predicted molar refractivity (Wildman–Crippen MR) is 268 cm³/mol. The largest absolute Gasteiger partial charge is 0.461 e. The second-order valence-corrected chi connectivity index (χ2v) is 25.1. The monoisotopic (exact) mass is 981 g/mol. The number of nitrogens with zero attached hydrogens (tertiary/aromatic N) is 2. The fourth-order valence-corrected chi connectivity index (χ4v) is 14.7. The molecule has 6 amide bonds. The highest BCUT2D eigenvalue weighted by molar-refractivity contribution is 5.96. The summed E-state index contributed by atoms with van der Waals surface area (Å²) in [6, 6.07) is -4.01. The van der Waals surface area contributed by atoms with Crippen LogP contribution in [0.4, 0.5) is 4.79 Å². The van der Waals surface area contributed by atoms with Crippen molar-refractivity contribution in [3.63, 3.8) is 0 Å². The van der Waals surface area contributed by atoms with E-state index in [-0.39, 0.29) is 49.8 Å². The lowest BCUT2D eigenvalue weighted by Gasteiger charge is -2.61. The average Bonchev–Trinajstić information content (AvgIpc) is 4.05. The van der Waals surface area contributed by atoms with Gasteiger partial charge in [-0.15, -0.1) is 0 Å². The van der Waals surface area contributed by atoms with Crippen molar-refractivity contribution in [1.29, 1.82) is 0 Å². The first-order valence-corrected chi connectivity index (χ1v) is 27.6. The van der Waals surface area contributed by atoms with Crippen LogP contribution in [0.15, 0.2) is 0 Å². The van der Waals surface area contributed by atoms with Gasteiger partial charge in [0.1, 0.15) is 42.4 Å². The molecule has 0 spiro atoms. The van der Waals surface area contributed by atoms with E-state index >= 15 is 0 Å². The number of carbonyl (C=O) groups excluding carboxylic acids is 7. The van der Waals surface area contributed by atoms with Crippen LogP contribution in [0.2, 0.25) is 0 Å². The van der Waals surface area contributed by atoms with Crippen LogP contribution in [0.1, 0.15) is 191 Å². The number of nitrogens with one attached hydrogen (secondary N) is 3. The Kier molecular flexibility index (Phi) is 18.5. The number of amides is 6. The minimum Gasteiger partial charge on any atom is -0.461 e. The molecule has 15 heteroatoms. The van der Waals surface area contributed by atoms with Crippen LogP contribution in [-0.2, 0) is 38.2 Å². The van der Waals surface area contributed by atoms with Crippen molar-refractivity contribution in [2.45, 2.75) is 227 Å². The normalized spacial score (nSPS) is 32.0. The minimum absolute atomic E-state index is 0.0392. The third-order valence-electron chi connectivity index (χ3n) is 18.2. The zero-order valence-corrected chi connectivity index (χ0v) is 44.7. The number of ether oxygens (including phenoxy) is 2. The van der Waals surface area contributed by atoms with Gasteiger partial charge in [-0.1, -0.05) is 67.7 Å². The molecule has 2 saturated heterocycles. The van der Waals surface area contributed by atoms with Gasteiger partial charge in [0.2, 0.25) is 29.5 Å². The molecule has 13 atom stereocenters. The molecule has 4 aliphatic carbocycles. The summed E-state index contributed by atoms with van der Waals surface area (Å²) in [6.45, 7) is 21.7. The number of nitrogens with two attached hydrogens (primary N) is 1. The van der Waals surface area contributed by atoms with Gasteiger partial charge in [0.15, 0.2) is 0 Å². The van der Waals surface area contributed by atoms with Crippen LogP contribution < -0.4 is 21.7 Å². The summed E-state index contributed by atoms with van der Waals surface area (Å²) in [5.41, 5.74) is 5.39. The van der Waals surface area contributed by atoms with Crippen LogP contribution in [0.25, 0.3) is 0 Å². The van der Waals surface area contributed by atoms with E-state index in [1.165, 1.54) is 67.6 Å². The first-order valence-electron chi connectivity index (χ1n) is 27.6. The van der Waals surface area contributed by atoms with Gasteiger partial charge in [0.25, 0.3) is 0 Å². The number of hydrogen-bond acceptors (Lipinski definition) is 9. The quantitative estimate of drug-likeness (QED) is 0.0931. The Morgan fingerprint density at radius 2 is 1.37 bits per heavy atom. The maximum Gasteiger partial charge on any atom is 0.410 e. The van der Waals surface area contributed by atoms with E-state index in [0.29, 0.717) is 43.6 Å². The molecule has 2 heterocycles. The molecule has 0 bridgehead atoms. The number of carbonyl (C=O) groups is 7. The average molecular weight is 981 g/mol. The Morgan fingerprint density at radius 1 is 0.714 bits per heavy atom. The maximum absolute atomic E-state index is 14.3. The fourth-order valence-electron chi connectivity index (χ4n) is 14.7. The number of rotatable bonds is 19. The Labute approximate surface area is 419 Å². The highest BCUT2D eigenvalue weighted by Crippen LogP contribution is 2.68. The third-order valence-corrected chi connectivity index (χ3v) is 18.2. The molecule has 2 aliphatic heterocycles. The molecular formula is C55H92N6O9. The Bertz CT molecular complexity index is 1890. The van der Waals surface area contributed by atoms with Crippen LogP contribution >= 0.6 is 0 Å². The molecule has 0 aromatic carbocycles. The van der Waals surface area contributed by atoms with Gasteiger partial charge in [-0.2, -0.15) is 0 Å². The van der Waals surface area contributed by atoms with E-state index in [1.54, 1.807) is 20.8 Å². The van der Waals surface area contributed by atoms with Crippen molar-refractivity contribution in [2.75, 3.05) is 19.6 Å². The lowest BCUT2D eigenvalue weighted by atomic mass is 9.44. The number of fused-ring (bicyclic) bond motifs is 5. The van der Waals surface area contributed by atoms with E-state index in [4.69, 9.17) is 15.2 Å². The fraction of sp³-hybridized carbons (Fsp3) is 0.873. The van der Waals surface area contributed by atoms with Crippen molar-refractivity contribution in [1.82, 2.24) is 25.8 Å². The summed E-state index contributed by atoms with van der Waals surface area (Å²) in [7, 11) is 0. The zero-order chi connectivity index (χ0) is 51.3. The van der Waals surface area contributed by atoms with Crippen LogP contribution in [-0.4, -0.2) is 107 Å². The summed E-state index contributed by atoms with van der Waals surface area (Å²) in [5, 5.41) is 8.30. The van der Waals surface area contributed by atoms with Crippen LogP contribution in [0.3, 0.4) is 0 Å². The Morgan fingerprint density at radius 3 is 2.03 bits per heavy atom. The van der Waals surface area contributed by atoms with Crippen molar-refractivity contribution >= 4 is 41.6 Å². The third kappa shape index (κ3) is 13.2. The van der Waals surface area contributed by atoms with Gasteiger partial charge in [0, 0.05) is 19.5 Å². The molecule has 5 N–H and O–H groups in total. The predicted octanol–water partition coefficient (Wildman–Crippen LogP) is 7.81. The van der Waals surface area contributed by atoms with E-state index in [1.807, 2.05) is 13.8 Å². The number of primary amides is 1. The van der Waals surface area contributed by atoms with E-state index in [9.17, 15) is 33.6 Å². The SMILES string of the molecule is CC(C)CCC[C@@H](C)[C@H]1CC[C@H]2[C@@H]3CCC4CC(OC(=O)CNC(=O)[C@@H]5CCCN5C(=O)[C@H](CC(C)C)NC(=O)[C@H](CCC(N)=O)NC(=O)[C@@H]5CCCN5C(=O)OC(C)(C)C)CC[C@]4(C)[C@H]3CC[C@]12C. The van der Waals surface area contributed by atoms with Gasteiger partial charge in [-0.05, 0) is 175 Å². The molecular weight excluding hydrogens is 889 g/mol. The highest BCUT2D eigenvalue weighted by atomic mass is 16.6. The van der Waals surface area contributed by atoms with Gasteiger partial charge >= 0.3 is 12.1 Å². The minimum atomic E-state index is -1.23. The summed E-state index contributed by atoms with van der Waals surface area (Å²) >= 11 is 0. The van der Waals surface area contributed by atoms with E-state index in [0.717, 1.165) is 54.8 Å². The molecule has 6 rings (SSSR count). The number of hydrogen-bond donors (Lipinski definition) is 4. The Balaban J connectivity index is 1.00. The van der Waals surface area contributed by atoms with Crippen molar-refractivity contribution in [3.8, 4) is 0 Å². The van der Waals surface area contributed by atoms with Gasteiger partial charge in [-0.25, -0.2) is 4.79 Å². The van der Waals surface area contributed by atoms with Gasteiger partial charge in [0.05, 0.1) is 0 Å². The molecule has 6 fully saturated rings. The van der Waals surface area contributed by atoms with E-state index in [2.05, 4.69) is 50.6 Å². The van der Waals surface area contributed by atoms with E-state index < -0.39 is 71.4 Å². The molecule has 2 unspecified atom stereocenters. The first kappa shape index (κ1) is 55.4. The maximum atomic E-state index is 14.3. The van der Waals surface area contributed by atoms with Crippen LogP contribution in [0.5, 0.6) is 0 Å². The van der Waals surface area contributed by atoms with Crippen LogP contribution in [0, 0.1) is 58.2 Å². The second kappa shape index (κ2) is 23.3. The Hall–Kier alpha value is -3.91.